The number of amides is 1. The molecule has 0 aromatic heterocycles. The Morgan fingerprint density at radius 1 is 1.29 bits per heavy atom. The van der Waals surface area contributed by atoms with Crippen LogP contribution in [-0.2, 0) is 24.2 Å². The van der Waals surface area contributed by atoms with Crippen molar-refractivity contribution in [1.29, 1.82) is 0 Å². The van der Waals surface area contributed by atoms with Gasteiger partial charge in [0.2, 0.25) is 5.91 Å². The zero-order valence-corrected chi connectivity index (χ0v) is 15.1. The third kappa shape index (κ3) is 6.48. The number of esters is 1. The zero-order valence-electron chi connectivity index (χ0n) is 13.5. The Balaban J connectivity index is 2.63. The maximum Gasteiger partial charge on any atom is 0.328 e. The van der Waals surface area contributed by atoms with Crippen LogP contribution >= 0.6 is 11.8 Å². The maximum absolute atomic E-state index is 12.8. The summed E-state index contributed by atoms with van der Waals surface area (Å²) in [5.74, 6) is -1.45. The molecule has 0 fully saturated rings. The van der Waals surface area contributed by atoms with E-state index in [2.05, 4.69) is 10.1 Å². The standard InChI is InChI=1S/C15H20FNO5S2/c1-22-15(19)13(7-9-23-2)17-14(18)8-10-24(20,21)12-5-3-11(16)4-6-12/h3-6,13H,7-10H2,1-2H3,(H,17,18)/t13-/m0/s1. The van der Waals surface area contributed by atoms with Crippen molar-refractivity contribution in [2.45, 2.75) is 23.8 Å². The van der Waals surface area contributed by atoms with Crippen molar-refractivity contribution in [3.63, 3.8) is 0 Å². The van der Waals surface area contributed by atoms with Gasteiger partial charge in [-0.05, 0) is 42.7 Å². The SMILES string of the molecule is COC(=O)[C@H](CCSC)NC(=O)CCS(=O)(=O)c1ccc(F)cc1. The van der Waals surface area contributed by atoms with Gasteiger partial charge >= 0.3 is 5.97 Å². The van der Waals surface area contributed by atoms with Gasteiger partial charge in [0, 0.05) is 6.42 Å². The molecule has 0 unspecified atom stereocenters. The van der Waals surface area contributed by atoms with Gasteiger partial charge in [-0.1, -0.05) is 0 Å². The number of ether oxygens (including phenoxy) is 1. The lowest BCUT2D eigenvalue weighted by molar-refractivity contribution is -0.145. The summed E-state index contributed by atoms with van der Waals surface area (Å²) in [5, 5.41) is 2.48. The van der Waals surface area contributed by atoms with Crippen LogP contribution in [-0.4, -0.2) is 51.2 Å². The summed E-state index contributed by atoms with van der Waals surface area (Å²) in [6.07, 6.45) is 1.96. The van der Waals surface area contributed by atoms with Crippen molar-refractivity contribution in [3.05, 3.63) is 30.1 Å². The molecule has 0 aliphatic carbocycles. The number of halogens is 1. The summed E-state index contributed by atoms with van der Waals surface area (Å²) in [4.78, 5) is 23.5. The third-order valence-electron chi connectivity index (χ3n) is 3.20. The predicted octanol–water partition coefficient (Wildman–Crippen LogP) is 1.40. The molecule has 0 aliphatic heterocycles. The van der Waals surface area contributed by atoms with E-state index in [1.54, 1.807) is 0 Å². The minimum atomic E-state index is -3.70. The van der Waals surface area contributed by atoms with Crippen LogP contribution in [0.15, 0.2) is 29.2 Å². The normalized spacial score (nSPS) is 12.5. The summed E-state index contributed by atoms with van der Waals surface area (Å²) >= 11 is 1.52. The maximum atomic E-state index is 12.8. The first-order chi connectivity index (χ1) is 11.3. The number of hydrogen-bond acceptors (Lipinski definition) is 6. The average molecular weight is 377 g/mol. The smallest absolute Gasteiger partial charge is 0.328 e. The second-order valence-corrected chi connectivity index (χ2v) is 8.04. The summed E-state index contributed by atoms with van der Waals surface area (Å²) in [5.41, 5.74) is 0. The van der Waals surface area contributed by atoms with E-state index < -0.39 is 39.3 Å². The molecule has 1 aromatic carbocycles. The molecule has 0 saturated carbocycles. The molecule has 0 heterocycles. The molecule has 0 spiro atoms. The number of benzene rings is 1. The van der Waals surface area contributed by atoms with E-state index in [0.717, 1.165) is 24.3 Å². The molecule has 9 heteroatoms. The number of nitrogens with one attached hydrogen (secondary N) is 1. The largest absolute Gasteiger partial charge is 0.467 e. The lowest BCUT2D eigenvalue weighted by atomic mass is 10.2. The summed E-state index contributed by atoms with van der Waals surface area (Å²) < 4.78 is 41.7. The Kier molecular flexibility index (Phi) is 8.20. The summed E-state index contributed by atoms with van der Waals surface area (Å²) in [6, 6.07) is 3.59. The molecule has 6 nitrogen and oxygen atoms in total. The fourth-order valence-corrected chi connectivity index (χ4v) is 3.59. The molecule has 0 radical (unpaired) electrons. The Morgan fingerprint density at radius 3 is 2.46 bits per heavy atom. The highest BCUT2D eigenvalue weighted by atomic mass is 32.2. The van der Waals surface area contributed by atoms with Crippen molar-refractivity contribution in [2.75, 3.05) is 24.9 Å². The highest BCUT2D eigenvalue weighted by Gasteiger charge is 2.22. The van der Waals surface area contributed by atoms with E-state index in [4.69, 9.17) is 0 Å². The second kappa shape index (κ2) is 9.63. The van der Waals surface area contributed by atoms with E-state index in [1.165, 1.54) is 18.9 Å². The Bertz CT molecular complexity index is 661. The van der Waals surface area contributed by atoms with Crippen molar-refractivity contribution in [2.24, 2.45) is 0 Å². The Labute approximate surface area is 145 Å². The number of thioether (sulfide) groups is 1. The van der Waals surface area contributed by atoms with Gasteiger partial charge in [0.25, 0.3) is 0 Å². The molecule has 1 amide bonds. The van der Waals surface area contributed by atoms with E-state index >= 15 is 0 Å². The predicted molar refractivity (Wildman–Crippen MR) is 90.0 cm³/mol. The Morgan fingerprint density at radius 2 is 1.92 bits per heavy atom. The Hall–Kier alpha value is -1.61. The van der Waals surface area contributed by atoms with Crippen molar-refractivity contribution < 1.29 is 27.1 Å². The fourth-order valence-electron chi connectivity index (χ4n) is 1.88. The molecule has 0 saturated heterocycles. The molecule has 0 bridgehead atoms. The monoisotopic (exact) mass is 377 g/mol. The van der Waals surface area contributed by atoms with Crippen molar-refractivity contribution >= 4 is 33.5 Å². The van der Waals surface area contributed by atoms with Crippen LogP contribution in [0.5, 0.6) is 0 Å². The zero-order chi connectivity index (χ0) is 18.2. The number of carbonyl (C=O) groups is 2. The quantitative estimate of drug-likeness (QED) is 0.517. The second-order valence-electron chi connectivity index (χ2n) is 4.95. The minimum absolute atomic E-state index is 0.0522. The fraction of sp³-hybridized carbons (Fsp3) is 0.467. The van der Waals surface area contributed by atoms with Crippen LogP contribution < -0.4 is 5.32 Å². The molecular formula is C15H20FNO5S2. The first-order valence-corrected chi connectivity index (χ1v) is 10.2. The lowest BCUT2D eigenvalue weighted by Crippen LogP contribution is -2.42. The highest BCUT2D eigenvalue weighted by Crippen LogP contribution is 2.13. The molecule has 0 aliphatic rings. The van der Waals surface area contributed by atoms with Crippen LogP contribution in [0, 0.1) is 5.82 Å². The summed E-state index contributed by atoms with van der Waals surface area (Å²) in [7, 11) is -2.48. The van der Waals surface area contributed by atoms with E-state index in [0.29, 0.717) is 12.2 Å². The van der Waals surface area contributed by atoms with Crippen LogP contribution in [0.4, 0.5) is 4.39 Å². The van der Waals surface area contributed by atoms with Crippen LogP contribution in [0.25, 0.3) is 0 Å². The first kappa shape index (κ1) is 20.4. The van der Waals surface area contributed by atoms with Gasteiger partial charge in [-0.25, -0.2) is 17.6 Å². The van der Waals surface area contributed by atoms with Gasteiger partial charge in [0.1, 0.15) is 11.9 Å². The lowest BCUT2D eigenvalue weighted by Gasteiger charge is -2.16. The number of sulfone groups is 1. The molecular weight excluding hydrogens is 357 g/mol. The van der Waals surface area contributed by atoms with Crippen LogP contribution in [0.1, 0.15) is 12.8 Å². The van der Waals surface area contributed by atoms with Crippen LogP contribution in [0.3, 0.4) is 0 Å². The van der Waals surface area contributed by atoms with Gasteiger partial charge in [-0.2, -0.15) is 11.8 Å². The number of carbonyl (C=O) groups excluding carboxylic acids is 2. The number of hydrogen-bond donors (Lipinski definition) is 1. The summed E-state index contributed by atoms with van der Waals surface area (Å²) in [6.45, 7) is 0. The van der Waals surface area contributed by atoms with Gasteiger partial charge in [0.05, 0.1) is 17.8 Å². The van der Waals surface area contributed by atoms with E-state index in [-0.39, 0.29) is 11.3 Å². The number of rotatable bonds is 9. The van der Waals surface area contributed by atoms with Gasteiger partial charge < -0.3 is 10.1 Å². The van der Waals surface area contributed by atoms with E-state index in [1.807, 2.05) is 6.26 Å². The molecule has 1 aromatic rings. The van der Waals surface area contributed by atoms with Crippen LogP contribution in [0.2, 0.25) is 0 Å². The highest BCUT2D eigenvalue weighted by molar-refractivity contribution is 7.98. The number of methoxy groups -OCH3 is 1. The van der Waals surface area contributed by atoms with Crippen molar-refractivity contribution in [3.8, 4) is 0 Å². The van der Waals surface area contributed by atoms with Gasteiger partial charge in [-0.3, -0.25) is 4.79 Å². The minimum Gasteiger partial charge on any atom is -0.467 e. The molecule has 134 valence electrons. The van der Waals surface area contributed by atoms with Crippen molar-refractivity contribution in [1.82, 2.24) is 5.32 Å². The molecule has 1 N–H and O–H groups in total. The average Bonchev–Trinajstić information content (AvgIpc) is 2.56. The third-order valence-corrected chi connectivity index (χ3v) is 5.58. The molecule has 1 atom stereocenters. The van der Waals surface area contributed by atoms with Gasteiger partial charge in [-0.15, -0.1) is 0 Å². The first-order valence-electron chi connectivity index (χ1n) is 7.14. The molecule has 1 rings (SSSR count). The van der Waals surface area contributed by atoms with Gasteiger partial charge in [0.15, 0.2) is 9.84 Å². The molecule has 24 heavy (non-hydrogen) atoms. The topological polar surface area (TPSA) is 89.5 Å². The van der Waals surface area contributed by atoms with E-state index in [9.17, 15) is 22.4 Å².